The first kappa shape index (κ1) is 14.5. The number of alkyl halides is 1. The second-order valence-corrected chi connectivity index (χ2v) is 6.26. The average molecular weight is 276 g/mol. The summed E-state index contributed by atoms with van der Waals surface area (Å²) in [5.41, 5.74) is 1.04. The molecule has 1 N–H and O–H groups in total. The molecule has 3 nitrogen and oxygen atoms in total. The Morgan fingerprint density at radius 2 is 1.94 bits per heavy atom. The molecule has 5 heteroatoms. The second kappa shape index (κ2) is 6.99. The third kappa shape index (κ3) is 5.52. The van der Waals surface area contributed by atoms with Crippen LogP contribution in [0.5, 0.6) is 0 Å². The second-order valence-electron chi connectivity index (χ2n) is 4.03. The third-order valence-electron chi connectivity index (χ3n) is 2.47. The van der Waals surface area contributed by atoms with Crippen molar-refractivity contribution in [2.45, 2.75) is 19.3 Å². The van der Waals surface area contributed by atoms with Gasteiger partial charge in [0.2, 0.25) is 10.0 Å². The highest BCUT2D eigenvalue weighted by Gasteiger charge is 2.16. The first-order chi connectivity index (χ1) is 8.05. The lowest BCUT2D eigenvalue weighted by Gasteiger charge is -2.12. The van der Waals surface area contributed by atoms with Gasteiger partial charge in [0.05, 0.1) is 5.75 Å². The van der Waals surface area contributed by atoms with Crippen LogP contribution in [0.25, 0.3) is 0 Å². The summed E-state index contributed by atoms with van der Waals surface area (Å²) in [6.07, 6.45) is 0.653. The SMILES string of the molecule is CC(CS(=O)(=O)NCCCCl)c1ccccc1. The van der Waals surface area contributed by atoms with E-state index in [1.165, 1.54) is 0 Å². The van der Waals surface area contributed by atoms with E-state index < -0.39 is 10.0 Å². The molecule has 1 aromatic rings. The standard InChI is InChI=1S/C12H18ClNO2S/c1-11(12-6-3-2-4-7-12)10-17(15,16)14-9-5-8-13/h2-4,6-7,11,14H,5,8-10H2,1H3. The van der Waals surface area contributed by atoms with Crippen molar-refractivity contribution in [3.8, 4) is 0 Å². The van der Waals surface area contributed by atoms with Crippen LogP contribution in [-0.2, 0) is 10.0 Å². The molecule has 1 rings (SSSR count). The zero-order valence-electron chi connectivity index (χ0n) is 9.90. The Bertz CT molecular complexity index is 419. The minimum Gasteiger partial charge on any atom is -0.215 e. The van der Waals surface area contributed by atoms with Crippen molar-refractivity contribution in [3.05, 3.63) is 35.9 Å². The molecule has 0 aliphatic heterocycles. The summed E-state index contributed by atoms with van der Waals surface area (Å²) in [6.45, 7) is 2.32. The molecule has 0 heterocycles. The summed E-state index contributed by atoms with van der Waals surface area (Å²) in [6, 6.07) is 9.64. The molecule has 0 spiro atoms. The molecule has 0 radical (unpaired) electrons. The topological polar surface area (TPSA) is 46.2 Å². The molecule has 0 amide bonds. The number of benzene rings is 1. The predicted octanol–water partition coefficient (Wildman–Crippen LogP) is 2.34. The Morgan fingerprint density at radius 3 is 2.53 bits per heavy atom. The number of sulfonamides is 1. The molecule has 1 atom stereocenters. The molecule has 0 bridgehead atoms. The molecule has 1 aromatic carbocycles. The van der Waals surface area contributed by atoms with Crippen LogP contribution in [0, 0.1) is 0 Å². The summed E-state index contributed by atoms with van der Waals surface area (Å²) in [4.78, 5) is 0. The molecule has 17 heavy (non-hydrogen) atoms. The van der Waals surface area contributed by atoms with Gasteiger partial charge >= 0.3 is 0 Å². The van der Waals surface area contributed by atoms with Crippen molar-refractivity contribution in [1.82, 2.24) is 4.72 Å². The fourth-order valence-corrected chi connectivity index (χ4v) is 3.12. The zero-order valence-corrected chi connectivity index (χ0v) is 11.5. The maximum Gasteiger partial charge on any atom is 0.212 e. The minimum atomic E-state index is -3.21. The molecule has 0 aliphatic rings. The zero-order chi connectivity index (χ0) is 12.7. The van der Waals surface area contributed by atoms with E-state index in [4.69, 9.17) is 11.6 Å². The fourth-order valence-electron chi connectivity index (χ4n) is 1.56. The van der Waals surface area contributed by atoms with Gasteiger partial charge in [0.25, 0.3) is 0 Å². The third-order valence-corrected chi connectivity index (χ3v) is 4.32. The lowest BCUT2D eigenvalue weighted by molar-refractivity contribution is 0.575. The van der Waals surface area contributed by atoms with Crippen LogP contribution in [-0.4, -0.2) is 26.6 Å². The smallest absolute Gasteiger partial charge is 0.212 e. The Morgan fingerprint density at radius 1 is 1.29 bits per heavy atom. The number of hydrogen-bond acceptors (Lipinski definition) is 2. The maximum absolute atomic E-state index is 11.7. The van der Waals surface area contributed by atoms with Gasteiger partial charge in [-0.05, 0) is 17.9 Å². The molecular weight excluding hydrogens is 258 g/mol. The normalized spacial score (nSPS) is 13.5. The van der Waals surface area contributed by atoms with Gasteiger partial charge in [-0.3, -0.25) is 0 Å². The Labute approximate surface area is 108 Å². The van der Waals surface area contributed by atoms with Crippen LogP contribution >= 0.6 is 11.6 Å². The summed E-state index contributed by atoms with van der Waals surface area (Å²) in [7, 11) is -3.21. The molecule has 1 unspecified atom stereocenters. The highest BCUT2D eigenvalue weighted by atomic mass is 35.5. The van der Waals surface area contributed by atoms with E-state index in [1.807, 2.05) is 37.3 Å². The van der Waals surface area contributed by atoms with Crippen LogP contribution in [0.2, 0.25) is 0 Å². The number of rotatable bonds is 7. The molecular formula is C12H18ClNO2S. The average Bonchev–Trinajstić information content (AvgIpc) is 2.30. The van der Waals surface area contributed by atoms with Gasteiger partial charge in [-0.15, -0.1) is 11.6 Å². The highest BCUT2D eigenvalue weighted by Crippen LogP contribution is 2.16. The van der Waals surface area contributed by atoms with Gasteiger partial charge in [-0.1, -0.05) is 37.3 Å². The quantitative estimate of drug-likeness (QED) is 0.613. The van der Waals surface area contributed by atoms with E-state index in [2.05, 4.69) is 4.72 Å². The Balaban J connectivity index is 2.53. The maximum atomic E-state index is 11.7. The fraction of sp³-hybridized carbons (Fsp3) is 0.500. The predicted molar refractivity (Wildman–Crippen MR) is 72.0 cm³/mol. The largest absolute Gasteiger partial charge is 0.215 e. The lowest BCUT2D eigenvalue weighted by atomic mass is 10.0. The van der Waals surface area contributed by atoms with Crippen LogP contribution < -0.4 is 4.72 Å². The first-order valence-corrected chi connectivity index (χ1v) is 7.82. The summed E-state index contributed by atoms with van der Waals surface area (Å²) >= 11 is 5.50. The molecule has 0 saturated heterocycles. The van der Waals surface area contributed by atoms with Crippen molar-refractivity contribution in [1.29, 1.82) is 0 Å². The molecule has 0 saturated carbocycles. The van der Waals surface area contributed by atoms with Gasteiger partial charge in [0.15, 0.2) is 0 Å². The van der Waals surface area contributed by atoms with Gasteiger partial charge in [0, 0.05) is 12.4 Å². The van der Waals surface area contributed by atoms with Gasteiger partial charge in [-0.2, -0.15) is 0 Å². The van der Waals surface area contributed by atoms with Crippen molar-refractivity contribution >= 4 is 21.6 Å². The minimum absolute atomic E-state index is 0.00954. The van der Waals surface area contributed by atoms with Gasteiger partial charge in [-0.25, -0.2) is 13.1 Å². The van der Waals surface area contributed by atoms with Crippen LogP contribution in [0.3, 0.4) is 0 Å². The Kier molecular flexibility index (Phi) is 5.95. The van der Waals surface area contributed by atoms with E-state index in [0.29, 0.717) is 18.8 Å². The van der Waals surface area contributed by atoms with Crippen LogP contribution in [0.15, 0.2) is 30.3 Å². The monoisotopic (exact) mass is 275 g/mol. The van der Waals surface area contributed by atoms with E-state index in [-0.39, 0.29) is 11.7 Å². The van der Waals surface area contributed by atoms with Crippen molar-refractivity contribution < 1.29 is 8.42 Å². The molecule has 0 fully saturated rings. The van der Waals surface area contributed by atoms with Gasteiger partial charge in [0.1, 0.15) is 0 Å². The number of nitrogens with one attached hydrogen (secondary N) is 1. The number of hydrogen-bond donors (Lipinski definition) is 1. The van der Waals surface area contributed by atoms with E-state index in [9.17, 15) is 8.42 Å². The van der Waals surface area contributed by atoms with E-state index >= 15 is 0 Å². The van der Waals surface area contributed by atoms with Crippen molar-refractivity contribution in [2.24, 2.45) is 0 Å². The van der Waals surface area contributed by atoms with Gasteiger partial charge < -0.3 is 0 Å². The first-order valence-electron chi connectivity index (χ1n) is 5.63. The van der Waals surface area contributed by atoms with Crippen LogP contribution in [0.4, 0.5) is 0 Å². The molecule has 0 aromatic heterocycles. The summed E-state index contributed by atoms with van der Waals surface area (Å²) in [5.74, 6) is 0.570. The number of halogens is 1. The van der Waals surface area contributed by atoms with Crippen molar-refractivity contribution in [2.75, 3.05) is 18.2 Å². The Hall–Kier alpha value is -0.580. The van der Waals surface area contributed by atoms with Crippen LogP contribution in [0.1, 0.15) is 24.8 Å². The van der Waals surface area contributed by atoms with E-state index in [1.54, 1.807) is 0 Å². The van der Waals surface area contributed by atoms with Crippen molar-refractivity contribution in [3.63, 3.8) is 0 Å². The lowest BCUT2D eigenvalue weighted by Crippen LogP contribution is -2.29. The molecule has 0 aliphatic carbocycles. The highest BCUT2D eigenvalue weighted by molar-refractivity contribution is 7.89. The van der Waals surface area contributed by atoms with E-state index in [0.717, 1.165) is 5.56 Å². The summed E-state index contributed by atoms with van der Waals surface area (Å²) in [5, 5.41) is 0. The summed E-state index contributed by atoms with van der Waals surface area (Å²) < 4.78 is 26.0. The molecule has 96 valence electrons.